The van der Waals surface area contributed by atoms with E-state index in [9.17, 15) is 9.59 Å². The Hall–Kier alpha value is -1.14. The number of amides is 1. The second kappa shape index (κ2) is 7.33. The van der Waals surface area contributed by atoms with Gasteiger partial charge in [0.25, 0.3) is 5.91 Å². The predicted molar refractivity (Wildman–Crippen MR) is 65.8 cm³/mol. The Morgan fingerprint density at radius 2 is 2.00 bits per heavy atom. The Labute approximate surface area is 107 Å². The fraction of sp³-hybridized carbons (Fsp3) is 0.833. The van der Waals surface area contributed by atoms with E-state index in [0.717, 1.165) is 0 Å². The first-order valence-electron chi connectivity index (χ1n) is 6.32. The summed E-state index contributed by atoms with van der Waals surface area (Å²) in [4.78, 5) is 25.2. The second-order valence-electron chi connectivity index (χ2n) is 4.31. The molecule has 1 atom stereocenters. The summed E-state index contributed by atoms with van der Waals surface area (Å²) in [6.45, 7) is 3.48. The van der Waals surface area contributed by atoms with Gasteiger partial charge in [-0.2, -0.15) is 0 Å². The van der Waals surface area contributed by atoms with Crippen LogP contribution in [0.25, 0.3) is 0 Å². The summed E-state index contributed by atoms with van der Waals surface area (Å²) in [5.41, 5.74) is 5.46. The molecule has 2 N–H and O–H groups in total. The van der Waals surface area contributed by atoms with Crippen LogP contribution < -0.4 is 5.73 Å². The van der Waals surface area contributed by atoms with Gasteiger partial charge in [-0.3, -0.25) is 9.59 Å². The van der Waals surface area contributed by atoms with E-state index in [1.54, 1.807) is 11.8 Å². The molecule has 1 rings (SSSR count). The van der Waals surface area contributed by atoms with E-state index in [2.05, 4.69) is 0 Å². The number of hydrogen-bond acceptors (Lipinski definition) is 5. The van der Waals surface area contributed by atoms with Crippen LogP contribution in [0.5, 0.6) is 0 Å². The molecule has 1 aliphatic rings. The number of carbonyl (C=O) groups excluding carboxylic acids is 2. The highest BCUT2D eigenvalue weighted by atomic mass is 16.5. The molecule has 0 radical (unpaired) electrons. The number of likely N-dealkylation sites (tertiary alicyclic amines) is 1. The van der Waals surface area contributed by atoms with Crippen molar-refractivity contribution < 1.29 is 19.1 Å². The Morgan fingerprint density at radius 1 is 1.39 bits per heavy atom. The smallest absolute Gasteiger partial charge is 0.309 e. The number of nitrogens with two attached hydrogens (primary N) is 1. The van der Waals surface area contributed by atoms with Gasteiger partial charge in [-0.05, 0) is 19.8 Å². The van der Waals surface area contributed by atoms with Gasteiger partial charge < -0.3 is 20.1 Å². The minimum atomic E-state index is -0.579. The monoisotopic (exact) mass is 258 g/mol. The molecule has 18 heavy (non-hydrogen) atoms. The second-order valence-corrected chi connectivity index (χ2v) is 4.31. The molecule has 1 unspecified atom stereocenters. The van der Waals surface area contributed by atoms with Crippen molar-refractivity contribution in [3.8, 4) is 0 Å². The number of carbonyl (C=O) groups is 2. The summed E-state index contributed by atoms with van der Waals surface area (Å²) in [6, 6.07) is 0. The number of rotatable bonds is 5. The highest BCUT2D eigenvalue weighted by Gasteiger charge is 2.30. The lowest BCUT2D eigenvalue weighted by Crippen LogP contribution is -2.47. The Morgan fingerprint density at radius 3 is 2.44 bits per heavy atom. The van der Waals surface area contributed by atoms with E-state index >= 15 is 0 Å². The van der Waals surface area contributed by atoms with E-state index in [4.69, 9.17) is 15.2 Å². The normalized spacial score (nSPS) is 18.5. The summed E-state index contributed by atoms with van der Waals surface area (Å²) in [5.74, 6) is -0.345. The number of piperidine rings is 1. The third-order valence-corrected chi connectivity index (χ3v) is 3.20. The Bertz CT molecular complexity index is 284. The third kappa shape index (κ3) is 3.68. The van der Waals surface area contributed by atoms with E-state index in [1.165, 1.54) is 7.11 Å². The average Bonchev–Trinajstić information content (AvgIpc) is 2.40. The van der Waals surface area contributed by atoms with Crippen molar-refractivity contribution in [1.82, 2.24) is 4.90 Å². The zero-order valence-electron chi connectivity index (χ0n) is 11.1. The van der Waals surface area contributed by atoms with Gasteiger partial charge in [0.1, 0.15) is 6.10 Å². The van der Waals surface area contributed by atoms with Gasteiger partial charge in [-0.25, -0.2) is 0 Å². The summed E-state index contributed by atoms with van der Waals surface area (Å²) >= 11 is 0. The summed E-state index contributed by atoms with van der Waals surface area (Å²) in [5, 5.41) is 0. The van der Waals surface area contributed by atoms with Crippen molar-refractivity contribution in [3.05, 3.63) is 0 Å². The predicted octanol–water partition coefficient (Wildman–Crippen LogP) is -0.238. The molecule has 6 heteroatoms. The van der Waals surface area contributed by atoms with Gasteiger partial charge >= 0.3 is 5.97 Å². The molecular weight excluding hydrogens is 236 g/mol. The zero-order valence-corrected chi connectivity index (χ0v) is 11.1. The fourth-order valence-electron chi connectivity index (χ4n) is 2.10. The van der Waals surface area contributed by atoms with Crippen LogP contribution in [-0.2, 0) is 19.1 Å². The van der Waals surface area contributed by atoms with Crippen LogP contribution >= 0.6 is 0 Å². The molecule has 1 fully saturated rings. The van der Waals surface area contributed by atoms with Crippen molar-refractivity contribution in [3.63, 3.8) is 0 Å². The van der Waals surface area contributed by atoms with E-state index in [1.807, 2.05) is 0 Å². The Balaban J connectivity index is 2.43. The number of nitrogens with zero attached hydrogens (tertiary/aromatic N) is 1. The number of ether oxygens (including phenoxy) is 2. The van der Waals surface area contributed by atoms with E-state index < -0.39 is 6.10 Å². The maximum atomic E-state index is 12.0. The minimum absolute atomic E-state index is 0.0899. The topological polar surface area (TPSA) is 81.9 Å². The van der Waals surface area contributed by atoms with Gasteiger partial charge in [0.05, 0.1) is 12.5 Å². The van der Waals surface area contributed by atoms with Crippen molar-refractivity contribution in [2.45, 2.75) is 25.9 Å². The molecule has 104 valence electrons. The van der Waals surface area contributed by atoms with E-state index in [0.29, 0.717) is 32.5 Å². The highest BCUT2D eigenvalue weighted by molar-refractivity contribution is 5.81. The van der Waals surface area contributed by atoms with Crippen LogP contribution in [0.4, 0.5) is 0 Å². The maximum absolute atomic E-state index is 12.0. The molecule has 1 amide bonds. The molecular formula is C12H22N2O4. The van der Waals surface area contributed by atoms with Crippen LogP contribution in [-0.4, -0.2) is 56.2 Å². The number of hydrogen-bond donors (Lipinski definition) is 1. The first-order valence-corrected chi connectivity index (χ1v) is 6.32. The summed E-state index contributed by atoms with van der Waals surface area (Å²) < 4.78 is 10.00. The van der Waals surface area contributed by atoms with Crippen LogP contribution in [0.15, 0.2) is 0 Å². The standard InChI is InChI=1S/C12H22N2O4/c1-3-18-12(16)9-4-6-14(7-5-9)11(15)10(8-13)17-2/h9-10H,3-8,13H2,1-2H3. The summed E-state index contributed by atoms with van der Waals surface area (Å²) in [6.07, 6.45) is 0.709. The lowest BCUT2D eigenvalue weighted by Gasteiger charge is -2.32. The molecule has 1 aliphatic heterocycles. The lowest BCUT2D eigenvalue weighted by atomic mass is 9.96. The van der Waals surface area contributed by atoms with Gasteiger partial charge in [0.15, 0.2) is 0 Å². The first kappa shape index (κ1) is 14.9. The molecule has 0 aromatic heterocycles. The van der Waals surface area contributed by atoms with Crippen LogP contribution in [0.2, 0.25) is 0 Å². The van der Waals surface area contributed by atoms with Crippen LogP contribution in [0.3, 0.4) is 0 Å². The van der Waals surface area contributed by atoms with Crippen molar-refractivity contribution in [2.75, 3.05) is 33.4 Å². The van der Waals surface area contributed by atoms with Crippen LogP contribution in [0.1, 0.15) is 19.8 Å². The van der Waals surface area contributed by atoms with Crippen molar-refractivity contribution in [2.24, 2.45) is 11.7 Å². The average molecular weight is 258 g/mol. The lowest BCUT2D eigenvalue weighted by molar-refractivity contribution is -0.153. The highest BCUT2D eigenvalue weighted by Crippen LogP contribution is 2.19. The van der Waals surface area contributed by atoms with Crippen molar-refractivity contribution in [1.29, 1.82) is 0 Å². The molecule has 1 saturated heterocycles. The molecule has 6 nitrogen and oxygen atoms in total. The SMILES string of the molecule is CCOC(=O)C1CCN(C(=O)C(CN)OC)CC1. The van der Waals surface area contributed by atoms with Gasteiger partial charge in [0, 0.05) is 26.7 Å². The minimum Gasteiger partial charge on any atom is -0.466 e. The van der Waals surface area contributed by atoms with E-state index in [-0.39, 0.29) is 24.3 Å². The third-order valence-electron chi connectivity index (χ3n) is 3.20. The van der Waals surface area contributed by atoms with Crippen molar-refractivity contribution >= 4 is 11.9 Å². The summed E-state index contributed by atoms with van der Waals surface area (Å²) in [7, 11) is 1.47. The fourth-order valence-corrected chi connectivity index (χ4v) is 2.10. The van der Waals surface area contributed by atoms with Gasteiger partial charge in [0.2, 0.25) is 0 Å². The quantitative estimate of drug-likeness (QED) is 0.688. The number of esters is 1. The molecule has 0 aliphatic carbocycles. The Kier molecular flexibility index (Phi) is 6.07. The first-order chi connectivity index (χ1) is 8.63. The van der Waals surface area contributed by atoms with Crippen LogP contribution in [0, 0.1) is 5.92 Å². The van der Waals surface area contributed by atoms with Gasteiger partial charge in [-0.15, -0.1) is 0 Å². The maximum Gasteiger partial charge on any atom is 0.309 e. The molecule has 0 spiro atoms. The number of methoxy groups -OCH3 is 1. The largest absolute Gasteiger partial charge is 0.466 e. The molecule has 0 bridgehead atoms. The zero-order chi connectivity index (χ0) is 13.5. The molecule has 0 saturated carbocycles. The molecule has 1 heterocycles. The van der Waals surface area contributed by atoms with Gasteiger partial charge in [-0.1, -0.05) is 0 Å². The molecule has 0 aromatic rings. The molecule has 0 aromatic carbocycles.